The fraction of sp³-hybridized carbons (Fsp3) is 0.368. The first-order valence-corrected chi connectivity index (χ1v) is 8.37. The standard InChI is InChI=1S/C19H19F2NS/c1-3-12-5-4-6-13-9-10-15(20)17(21)16(13)18(11(12)2)22-19(23)14-7-8-14/h4,9-10,14H,3,6-8H2,1-2H3,(H,22,23)/b18-11+. The Morgan fingerprint density at radius 3 is 2.74 bits per heavy atom. The van der Waals surface area contributed by atoms with Gasteiger partial charge in [0.2, 0.25) is 0 Å². The summed E-state index contributed by atoms with van der Waals surface area (Å²) in [5.74, 6) is -1.28. The number of thiocarbonyl (C=S) groups is 1. The Morgan fingerprint density at radius 2 is 2.09 bits per heavy atom. The minimum absolute atomic E-state index is 0.300. The van der Waals surface area contributed by atoms with Crippen LogP contribution < -0.4 is 5.32 Å². The van der Waals surface area contributed by atoms with Gasteiger partial charge in [-0.15, -0.1) is 5.73 Å². The van der Waals surface area contributed by atoms with E-state index in [-0.39, 0.29) is 0 Å². The van der Waals surface area contributed by atoms with Gasteiger partial charge in [-0.05, 0) is 61.5 Å². The third-order valence-corrected chi connectivity index (χ3v) is 4.84. The van der Waals surface area contributed by atoms with E-state index < -0.39 is 11.6 Å². The Morgan fingerprint density at radius 1 is 1.35 bits per heavy atom. The van der Waals surface area contributed by atoms with Crippen LogP contribution in [0.5, 0.6) is 0 Å². The van der Waals surface area contributed by atoms with Crippen molar-refractivity contribution < 1.29 is 8.78 Å². The molecule has 0 bridgehead atoms. The molecular formula is C19H19F2NS. The number of fused-ring (bicyclic) bond motifs is 1. The molecule has 0 atom stereocenters. The topological polar surface area (TPSA) is 12.0 Å². The van der Waals surface area contributed by atoms with Crippen LogP contribution in [-0.4, -0.2) is 4.99 Å². The molecule has 1 aromatic carbocycles. The van der Waals surface area contributed by atoms with Crippen molar-refractivity contribution in [1.29, 1.82) is 0 Å². The number of hydrogen-bond acceptors (Lipinski definition) is 1. The molecule has 1 fully saturated rings. The minimum atomic E-state index is -0.834. The molecule has 1 N–H and O–H groups in total. The Kier molecular flexibility index (Phi) is 4.47. The molecule has 23 heavy (non-hydrogen) atoms. The molecule has 0 aromatic heterocycles. The minimum Gasteiger partial charge on any atom is -0.349 e. The van der Waals surface area contributed by atoms with Crippen molar-refractivity contribution in [3.63, 3.8) is 0 Å². The van der Waals surface area contributed by atoms with Crippen molar-refractivity contribution in [3.05, 3.63) is 57.8 Å². The molecule has 0 aliphatic heterocycles. The summed E-state index contributed by atoms with van der Waals surface area (Å²) < 4.78 is 28.4. The van der Waals surface area contributed by atoms with E-state index >= 15 is 0 Å². The van der Waals surface area contributed by atoms with Gasteiger partial charge >= 0.3 is 0 Å². The lowest BCUT2D eigenvalue weighted by Gasteiger charge is -2.21. The highest BCUT2D eigenvalue weighted by Crippen LogP contribution is 2.34. The second-order valence-corrected chi connectivity index (χ2v) is 6.48. The molecule has 0 radical (unpaired) electrons. The van der Waals surface area contributed by atoms with Crippen molar-refractivity contribution in [2.45, 2.75) is 39.5 Å². The van der Waals surface area contributed by atoms with Gasteiger partial charge in [-0.3, -0.25) is 0 Å². The second kappa shape index (κ2) is 6.38. The number of nitrogens with one attached hydrogen (secondary N) is 1. The average Bonchev–Trinajstić information content (AvgIpc) is 3.36. The van der Waals surface area contributed by atoms with E-state index in [4.69, 9.17) is 12.2 Å². The van der Waals surface area contributed by atoms with Gasteiger partial charge in [-0.2, -0.15) is 0 Å². The van der Waals surface area contributed by atoms with Crippen LogP contribution in [0.3, 0.4) is 0 Å². The number of hydrogen-bond donors (Lipinski definition) is 1. The maximum atomic E-state index is 14.6. The fourth-order valence-corrected chi connectivity index (χ4v) is 3.19. The molecule has 4 heteroatoms. The number of benzene rings is 1. The maximum Gasteiger partial charge on any atom is 0.168 e. The summed E-state index contributed by atoms with van der Waals surface area (Å²) in [4.78, 5) is 0.717. The lowest BCUT2D eigenvalue weighted by Crippen LogP contribution is -2.24. The third-order valence-electron chi connectivity index (χ3n) is 4.41. The van der Waals surface area contributed by atoms with Crippen LogP contribution in [0.2, 0.25) is 0 Å². The van der Waals surface area contributed by atoms with E-state index in [9.17, 15) is 8.78 Å². The molecule has 0 heterocycles. The van der Waals surface area contributed by atoms with Crippen LogP contribution in [0.4, 0.5) is 8.78 Å². The summed E-state index contributed by atoms with van der Waals surface area (Å²) in [7, 11) is 0. The second-order valence-electron chi connectivity index (χ2n) is 6.04. The summed E-state index contributed by atoms with van der Waals surface area (Å²) in [6.45, 7) is 3.94. The Balaban J connectivity index is 2.19. The highest BCUT2D eigenvalue weighted by Gasteiger charge is 2.29. The molecule has 0 unspecified atom stereocenters. The Bertz CT molecular complexity index is 766. The lowest BCUT2D eigenvalue weighted by molar-refractivity contribution is 0.504. The molecule has 0 amide bonds. The smallest absolute Gasteiger partial charge is 0.168 e. The van der Waals surface area contributed by atoms with E-state index in [1.807, 2.05) is 19.9 Å². The van der Waals surface area contributed by atoms with Gasteiger partial charge in [0.1, 0.15) is 0 Å². The van der Waals surface area contributed by atoms with Gasteiger partial charge in [-0.25, -0.2) is 8.78 Å². The first kappa shape index (κ1) is 16.1. The van der Waals surface area contributed by atoms with Gasteiger partial charge in [0.25, 0.3) is 0 Å². The molecule has 120 valence electrons. The molecule has 1 saturated carbocycles. The Labute approximate surface area is 140 Å². The molecule has 3 rings (SSSR count). The maximum absolute atomic E-state index is 14.6. The quantitative estimate of drug-likeness (QED) is 0.613. The highest BCUT2D eigenvalue weighted by atomic mass is 32.1. The predicted octanol–water partition coefficient (Wildman–Crippen LogP) is 5.07. The highest BCUT2D eigenvalue weighted by molar-refractivity contribution is 7.80. The van der Waals surface area contributed by atoms with Crippen LogP contribution in [0.25, 0.3) is 5.70 Å². The van der Waals surface area contributed by atoms with E-state index in [1.54, 1.807) is 6.07 Å². The van der Waals surface area contributed by atoms with Gasteiger partial charge in [0.05, 0.1) is 10.7 Å². The molecular weight excluding hydrogens is 312 g/mol. The number of rotatable bonds is 3. The van der Waals surface area contributed by atoms with Gasteiger partial charge < -0.3 is 5.32 Å². The Hall–Kier alpha value is -1.77. The zero-order valence-corrected chi connectivity index (χ0v) is 14.1. The van der Waals surface area contributed by atoms with Crippen LogP contribution in [0.15, 0.2) is 35.1 Å². The van der Waals surface area contributed by atoms with Crippen molar-refractivity contribution in [2.24, 2.45) is 5.92 Å². The summed E-state index contributed by atoms with van der Waals surface area (Å²) in [6.07, 6.45) is 5.30. The van der Waals surface area contributed by atoms with Crippen molar-refractivity contribution in [2.75, 3.05) is 0 Å². The van der Waals surface area contributed by atoms with E-state index in [2.05, 4.69) is 11.0 Å². The van der Waals surface area contributed by atoms with Crippen molar-refractivity contribution >= 4 is 22.9 Å². The van der Waals surface area contributed by atoms with Crippen LogP contribution in [-0.2, 0) is 6.42 Å². The van der Waals surface area contributed by atoms with E-state index in [0.29, 0.717) is 28.6 Å². The fourth-order valence-electron chi connectivity index (χ4n) is 2.86. The monoisotopic (exact) mass is 331 g/mol. The van der Waals surface area contributed by atoms with Crippen LogP contribution >= 0.6 is 12.2 Å². The molecule has 0 saturated heterocycles. The summed E-state index contributed by atoms with van der Waals surface area (Å²) in [5, 5.41) is 3.22. The van der Waals surface area contributed by atoms with Crippen LogP contribution in [0, 0.1) is 17.6 Å². The molecule has 2 aliphatic carbocycles. The zero-order valence-electron chi connectivity index (χ0n) is 13.3. The van der Waals surface area contributed by atoms with Crippen molar-refractivity contribution in [3.8, 4) is 0 Å². The average molecular weight is 331 g/mol. The summed E-state index contributed by atoms with van der Waals surface area (Å²) >= 11 is 5.43. The molecule has 2 aliphatic rings. The van der Waals surface area contributed by atoms with Gasteiger partial charge in [0.15, 0.2) is 11.6 Å². The normalized spacial score (nSPS) is 20.4. The van der Waals surface area contributed by atoms with E-state index in [0.717, 1.165) is 36.0 Å². The predicted molar refractivity (Wildman–Crippen MR) is 93.0 cm³/mol. The number of allylic oxidation sites excluding steroid dienone is 2. The summed E-state index contributed by atoms with van der Waals surface area (Å²) in [6, 6.07) is 2.82. The van der Waals surface area contributed by atoms with Gasteiger partial charge in [-0.1, -0.05) is 25.2 Å². The molecule has 1 nitrogen and oxygen atoms in total. The largest absolute Gasteiger partial charge is 0.349 e. The van der Waals surface area contributed by atoms with Gasteiger partial charge in [0, 0.05) is 11.5 Å². The molecule has 1 aromatic rings. The zero-order chi connectivity index (χ0) is 16.6. The summed E-state index contributed by atoms with van der Waals surface area (Å²) in [5.41, 5.74) is 6.77. The first-order chi connectivity index (χ1) is 11.0. The first-order valence-electron chi connectivity index (χ1n) is 7.96. The SMILES string of the molecule is CCC1=C=CCc2ccc(F)c(F)c2/C(NC(=S)C2CC2)=C\1C. The lowest BCUT2D eigenvalue weighted by atomic mass is 9.92. The van der Waals surface area contributed by atoms with E-state index in [1.165, 1.54) is 6.07 Å². The number of halogens is 2. The van der Waals surface area contributed by atoms with Crippen molar-refractivity contribution in [1.82, 2.24) is 5.32 Å². The molecule has 0 spiro atoms. The van der Waals surface area contributed by atoms with Crippen LogP contribution in [0.1, 0.15) is 44.2 Å². The third kappa shape index (κ3) is 3.15.